The summed E-state index contributed by atoms with van der Waals surface area (Å²) >= 11 is 0. The van der Waals surface area contributed by atoms with E-state index in [9.17, 15) is 13.6 Å². The number of amides is 1. The molecule has 2 aromatic carbocycles. The van der Waals surface area contributed by atoms with E-state index in [0.29, 0.717) is 19.5 Å². The molecule has 0 fully saturated rings. The standard InChI is InChI=1S/C23H26F2N2O3/c1-29-21-15-17(7-8-20(21)30-23(24)25)9-12-26-22(28)16-27-13-10-19(11-14-27)18-5-3-2-4-6-18/h2-8,10,15,23H,9,11-14,16H2,1H3,(H,26,28). The Morgan fingerprint density at radius 1 is 1.17 bits per heavy atom. The van der Waals surface area contributed by atoms with E-state index in [-0.39, 0.29) is 17.4 Å². The Bertz CT molecular complexity index is 872. The topological polar surface area (TPSA) is 50.8 Å². The molecule has 0 spiro atoms. The highest BCUT2D eigenvalue weighted by Gasteiger charge is 2.16. The van der Waals surface area contributed by atoms with Crippen LogP contribution in [0.4, 0.5) is 8.78 Å². The maximum atomic E-state index is 12.4. The van der Waals surface area contributed by atoms with Gasteiger partial charge in [-0.25, -0.2) is 0 Å². The summed E-state index contributed by atoms with van der Waals surface area (Å²) in [6.45, 7) is -0.506. The third-order valence-corrected chi connectivity index (χ3v) is 4.98. The summed E-state index contributed by atoms with van der Waals surface area (Å²) in [6.07, 6.45) is 3.67. The fourth-order valence-corrected chi connectivity index (χ4v) is 3.44. The van der Waals surface area contributed by atoms with Gasteiger partial charge in [0.25, 0.3) is 0 Å². The molecule has 0 unspecified atom stereocenters. The SMILES string of the molecule is COc1cc(CCNC(=O)CN2CC=C(c3ccccc3)CC2)ccc1OC(F)F. The third kappa shape index (κ3) is 6.29. The number of benzene rings is 2. The second-order valence-corrected chi connectivity index (χ2v) is 7.04. The summed E-state index contributed by atoms with van der Waals surface area (Å²) in [5.74, 6) is 0.206. The lowest BCUT2D eigenvalue weighted by atomic mass is 10.00. The molecule has 7 heteroatoms. The molecule has 3 rings (SSSR count). The highest BCUT2D eigenvalue weighted by molar-refractivity contribution is 5.78. The Morgan fingerprint density at radius 3 is 2.63 bits per heavy atom. The van der Waals surface area contributed by atoms with Gasteiger partial charge in [0, 0.05) is 19.6 Å². The molecule has 160 valence electrons. The predicted molar refractivity (Wildman–Crippen MR) is 112 cm³/mol. The summed E-state index contributed by atoms with van der Waals surface area (Å²) in [7, 11) is 1.40. The third-order valence-electron chi connectivity index (χ3n) is 4.98. The van der Waals surface area contributed by atoms with E-state index in [0.717, 1.165) is 25.1 Å². The monoisotopic (exact) mass is 416 g/mol. The van der Waals surface area contributed by atoms with Crippen LogP contribution in [0.25, 0.3) is 5.57 Å². The predicted octanol–water partition coefficient (Wildman–Crippen LogP) is 3.74. The zero-order chi connectivity index (χ0) is 21.3. The van der Waals surface area contributed by atoms with Gasteiger partial charge in [0.1, 0.15) is 0 Å². The Morgan fingerprint density at radius 2 is 1.97 bits per heavy atom. The second kappa shape index (κ2) is 10.7. The summed E-state index contributed by atoms with van der Waals surface area (Å²) in [5, 5.41) is 2.91. The summed E-state index contributed by atoms with van der Waals surface area (Å²) in [6, 6.07) is 15.1. The van der Waals surface area contributed by atoms with E-state index in [4.69, 9.17) is 4.74 Å². The lowest BCUT2D eigenvalue weighted by molar-refractivity contribution is -0.122. The van der Waals surface area contributed by atoms with Crippen LogP contribution in [0.1, 0.15) is 17.5 Å². The maximum Gasteiger partial charge on any atom is 0.387 e. The largest absolute Gasteiger partial charge is 0.493 e. The van der Waals surface area contributed by atoms with Gasteiger partial charge in [-0.3, -0.25) is 9.69 Å². The minimum Gasteiger partial charge on any atom is -0.493 e. The molecule has 0 aromatic heterocycles. The van der Waals surface area contributed by atoms with Crippen molar-refractivity contribution in [3.05, 3.63) is 65.7 Å². The van der Waals surface area contributed by atoms with E-state index in [2.05, 4.69) is 33.2 Å². The van der Waals surface area contributed by atoms with Crippen molar-refractivity contribution in [2.75, 3.05) is 33.3 Å². The molecule has 2 aromatic rings. The molecule has 1 heterocycles. The Kier molecular flexibility index (Phi) is 7.79. The first kappa shape index (κ1) is 21.8. The van der Waals surface area contributed by atoms with Crippen molar-refractivity contribution in [1.29, 1.82) is 0 Å². The highest BCUT2D eigenvalue weighted by atomic mass is 19.3. The molecule has 0 saturated heterocycles. The smallest absolute Gasteiger partial charge is 0.387 e. The van der Waals surface area contributed by atoms with Gasteiger partial charge in [0.05, 0.1) is 13.7 Å². The first-order chi connectivity index (χ1) is 14.5. The average molecular weight is 416 g/mol. The number of halogens is 2. The van der Waals surface area contributed by atoms with Crippen LogP contribution < -0.4 is 14.8 Å². The Labute approximate surface area is 175 Å². The summed E-state index contributed by atoms with van der Waals surface area (Å²) < 4.78 is 34.3. The lowest BCUT2D eigenvalue weighted by Gasteiger charge is -2.25. The van der Waals surface area contributed by atoms with Gasteiger partial charge in [-0.05, 0) is 41.7 Å². The number of rotatable bonds is 9. The van der Waals surface area contributed by atoms with E-state index >= 15 is 0 Å². The van der Waals surface area contributed by atoms with Crippen molar-refractivity contribution in [1.82, 2.24) is 10.2 Å². The quantitative estimate of drug-likeness (QED) is 0.677. The van der Waals surface area contributed by atoms with Gasteiger partial charge < -0.3 is 14.8 Å². The van der Waals surface area contributed by atoms with Crippen molar-refractivity contribution in [3.63, 3.8) is 0 Å². The molecular weight excluding hydrogens is 390 g/mol. The first-order valence-electron chi connectivity index (χ1n) is 9.90. The van der Waals surface area contributed by atoms with E-state index in [1.165, 1.54) is 24.3 Å². The molecule has 1 amide bonds. The molecule has 1 aliphatic rings. The molecule has 5 nitrogen and oxygen atoms in total. The molecular formula is C23H26F2N2O3. The number of carbonyl (C=O) groups is 1. The molecule has 1 aliphatic heterocycles. The fourth-order valence-electron chi connectivity index (χ4n) is 3.44. The van der Waals surface area contributed by atoms with Crippen molar-refractivity contribution in [2.24, 2.45) is 0 Å². The van der Waals surface area contributed by atoms with Gasteiger partial charge in [0.2, 0.25) is 5.91 Å². The highest BCUT2D eigenvalue weighted by Crippen LogP contribution is 2.29. The van der Waals surface area contributed by atoms with Gasteiger partial charge >= 0.3 is 6.61 Å². The van der Waals surface area contributed by atoms with Crippen molar-refractivity contribution < 1.29 is 23.0 Å². The molecule has 0 aliphatic carbocycles. The number of nitrogens with one attached hydrogen (secondary N) is 1. The molecule has 30 heavy (non-hydrogen) atoms. The van der Waals surface area contributed by atoms with Crippen molar-refractivity contribution in [3.8, 4) is 11.5 Å². The van der Waals surface area contributed by atoms with Crippen LogP contribution in [0.15, 0.2) is 54.6 Å². The molecule has 0 bridgehead atoms. The van der Waals surface area contributed by atoms with Crippen LogP contribution in [0.5, 0.6) is 11.5 Å². The molecule has 0 radical (unpaired) electrons. The minimum absolute atomic E-state index is 0.00619. The molecule has 1 N–H and O–H groups in total. The van der Waals surface area contributed by atoms with E-state index in [1.54, 1.807) is 12.1 Å². The number of nitrogens with zero attached hydrogens (tertiary/aromatic N) is 1. The van der Waals surface area contributed by atoms with Crippen molar-refractivity contribution >= 4 is 11.5 Å². The van der Waals surface area contributed by atoms with Crippen LogP contribution in [0.2, 0.25) is 0 Å². The van der Waals surface area contributed by atoms with Gasteiger partial charge in [0.15, 0.2) is 11.5 Å². The number of hydrogen-bond donors (Lipinski definition) is 1. The number of ether oxygens (including phenoxy) is 2. The zero-order valence-electron chi connectivity index (χ0n) is 16.9. The van der Waals surface area contributed by atoms with Gasteiger partial charge in [-0.15, -0.1) is 0 Å². The number of methoxy groups -OCH3 is 1. The zero-order valence-corrected chi connectivity index (χ0v) is 16.9. The van der Waals surface area contributed by atoms with Crippen molar-refractivity contribution in [2.45, 2.75) is 19.5 Å². The number of hydrogen-bond acceptors (Lipinski definition) is 4. The molecule has 0 saturated carbocycles. The second-order valence-electron chi connectivity index (χ2n) is 7.04. The summed E-state index contributed by atoms with van der Waals surface area (Å²) in [5.41, 5.74) is 3.42. The first-order valence-corrected chi connectivity index (χ1v) is 9.90. The Hall–Kier alpha value is -2.93. The summed E-state index contributed by atoms with van der Waals surface area (Å²) in [4.78, 5) is 14.4. The average Bonchev–Trinajstić information content (AvgIpc) is 2.75. The van der Waals surface area contributed by atoms with E-state index in [1.807, 2.05) is 18.2 Å². The van der Waals surface area contributed by atoms with Gasteiger partial charge in [-0.2, -0.15) is 8.78 Å². The van der Waals surface area contributed by atoms with Crippen LogP contribution in [0.3, 0.4) is 0 Å². The fraction of sp³-hybridized carbons (Fsp3) is 0.348. The van der Waals surface area contributed by atoms with Crippen LogP contribution in [-0.4, -0.2) is 50.7 Å². The van der Waals surface area contributed by atoms with E-state index < -0.39 is 6.61 Å². The number of carbonyl (C=O) groups excluding carboxylic acids is 1. The normalized spacial score (nSPS) is 14.3. The van der Waals surface area contributed by atoms with Crippen LogP contribution in [-0.2, 0) is 11.2 Å². The molecule has 0 atom stereocenters. The van der Waals surface area contributed by atoms with Crippen LogP contribution >= 0.6 is 0 Å². The lowest BCUT2D eigenvalue weighted by Crippen LogP contribution is -2.39. The Balaban J connectivity index is 1.43. The van der Waals surface area contributed by atoms with Gasteiger partial charge in [-0.1, -0.05) is 42.5 Å². The maximum absolute atomic E-state index is 12.4. The minimum atomic E-state index is -2.91. The van der Waals surface area contributed by atoms with Crippen LogP contribution in [0, 0.1) is 0 Å². The number of alkyl halides is 2.